The number of amides is 2. The molecular weight excluding hydrogens is 394 g/mol. The third-order valence-corrected chi connectivity index (χ3v) is 6.41. The number of thioether (sulfide) groups is 1. The van der Waals surface area contributed by atoms with Crippen molar-refractivity contribution in [3.05, 3.63) is 29.3 Å². The molecule has 2 aromatic heterocycles. The van der Waals surface area contributed by atoms with Crippen LogP contribution >= 0.6 is 23.1 Å². The highest BCUT2D eigenvalue weighted by Crippen LogP contribution is 2.28. The molecule has 0 spiro atoms. The molecule has 28 heavy (non-hydrogen) atoms. The zero-order chi connectivity index (χ0) is 19.9. The number of thiophene rings is 1. The van der Waals surface area contributed by atoms with E-state index >= 15 is 0 Å². The van der Waals surface area contributed by atoms with E-state index < -0.39 is 0 Å². The Morgan fingerprint density at radius 3 is 2.86 bits per heavy atom. The number of hydrogen-bond donors (Lipinski definition) is 1. The van der Waals surface area contributed by atoms with E-state index in [1.807, 2.05) is 33.9 Å². The van der Waals surface area contributed by atoms with Crippen molar-refractivity contribution in [3.63, 3.8) is 0 Å². The molecule has 1 aliphatic rings. The van der Waals surface area contributed by atoms with Gasteiger partial charge in [-0.3, -0.25) is 9.59 Å². The lowest BCUT2D eigenvalue weighted by atomic mass is 10.0. The molecule has 3 rings (SSSR count). The highest BCUT2D eigenvalue weighted by Gasteiger charge is 2.21. The van der Waals surface area contributed by atoms with Gasteiger partial charge in [0.1, 0.15) is 0 Å². The van der Waals surface area contributed by atoms with E-state index in [2.05, 4.69) is 16.3 Å². The number of rotatable bonds is 9. The van der Waals surface area contributed by atoms with Gasteiger partial charge in [0, 0.05) is 25.2 Å². The minimum absolute atomic E-state index is 0.0720. The molecule has 0 atom stereocenters. The zero-order valence-electron chi connectivity index (χ0n) is 16.0. The van der Waals surface area contributed by atoms with Gasteiger partial charge in [-0.1, -0.05) is 23.9 Å². The van der Waals surface area contributed by atoms with Crippen LogP contribution in [0.3, 0.4) is 0 Å². The van der Waals surface area contributed by atoms with Crippen molar-refractivity contribution in [2.45, 2.75) is 50.7 Å². The fourth-order valence-corrected chi connectivity index (χ4v) is 4.78. The Hall–Kier alpha value is -2.13. The lowest BCUT2D eigenvalue weighted by molar-refractivity contribution is -0.126. The first kappa shape index (κ1) is 20.6. The van der Waals surface area contributed by atoms with Crippen LogP contribution < -0.4 is 5.73 Å². The summed E-state index contributed by atoms with van der Waals surface area (Å²) in [6, 6.07) is 3.91. The van der Waals surface area contributed by atoms with Crippen LogP contribution in [0.1, 0.15) is 39.0 Å². The highest BCUT2D eigenvalue weighted by atomic mass is 32.2. The van der Waals surface area contributed by atoms with Gasteiger partial charge in [-0.2, -0.15) is 0 Å². The molecule has 9 heteroatoms. The van der Waals surface area contributed by atoms with Crippen molar-refractivity contribution in [1.29, 1.82) is 0 Å². The molecule has 2 N–H and O–H groups in total. The zero-order valence-corrected chi connectivity index (χ0v) is 17.6. The molecule has 0 saturated carbocycles. The molecule has 2 amide bonds. The summed E-state index contributed by atoms with van der Waals surface area (Å²) >= 11 is 2.91. The maximum Gasteiger partial charge on any atom is 0.237 e. The SMILES string of the molecule is CCN(C(=O)CSc1nnc(-c2cccs2)n1CCC(N)=O)C1=CCCCC1. The average molecular weight is 420 g/mol. The van der Waals surface area contributed by atoms with Crippen molar-refractivity contribution in [2.24, 2.45) is 5.73 Å². The second kappa shape index (κ2) is 9.88. The van der Waals surface area contributed by atoms with Gasteiger partial charge in [0.2, 0.25) is 11.8 Å². The van der Waals surface area contributed by atoms with Gasteiger partial charge < -0.3 is 15.2 Å². The Morgan fingerprint density at radius 1 is 1.36 bits per heavy atom. The van der Waals surface area contributed by atoms with Crippen LogP contribution in [0.2, 0.25) is 0 Å². The number of hydrogen-bond acceptors (Lipinski definition) is 6. The third-order valence-electron chi connectivity index (χ3n) is 4.60. The maximum atomic E-state index is 12.8. The smallest absolute Gasteiger partial charge is 0.237 e. The Balaban J connectivity index is 1.73. The van der Waals surface area contributed by atoms with Gasteiger partial charge in [-0.05, 0) is 44.1 Å². The van der Waals surface area contributed by atoms with Gasteiger partial charge in [0.15, 0.2) is 11.0 Å². The number of nitrogens with two attached hydrogens (primary N) is 1. The molecule has 0 aliphatic heterocycles. The summed E-state index contributed by atoms with van der Waals surface area (Å²) in [5.74, 6) is 0.681. The summed E-state index contributed by atoms with van der Waals surface area (Å²) in [7, 11) is 0. The lowest BCUT2D eigenvalue weighted by Crippen LogP contribution is -2.32. The van der Waals surface area contributed by atoms with Crippen molar-refractivity contribution >= 4 is 34.9 Å². The van der Waals surface area contributed by atoms with E-state index in [1.165, 1.54) is 18.2 Å². The van der Waals surface area contributed by atoms with Crippen LogP contribution in [0.15, 0.2) is 34.4 Å². The minimum atomic E-state index is -0.376. The Morgan fingerprint density at radius 2 is 2.21 bits per heavy atom. The third kappa shape index (κ3) is 5.02. The standard InChI is InChI=1S/C19H25N5O2S2/c1-2-23(14-7-4-3-5-8-14)17(26)13-28-19-22-21-18(15-9-6-12-27-15)24(19)11-10-16(20)25/h6-7,9,12H,2-5,8,10-11,13H2,1H3,(H2,20,25). The van der Waals surface area contributed by atoms with Crippen LogP contribution in [-0.2, 0) is 16.1 Å². The van der Waals surface area contributed by atoms with Gasteiger partial charge in [-0.25, -0.2) is 0 Å². The number of carbonyl (C=O) groups is 2. The van der Waals surface area contributed by atoms with Gasteiger partial charge in [-0.15, -0.1) is 21.5 Å². The van der Waals surface area contributed by atoms with E-state index in [0.717, 1.165) is 29.8 Å². The normalized spacial score (nSPS) is 14.0. The number of nitrogens with zero attached hydrogens (tertiary/aromatic N) is 4. The van der Waals surface area contributed by atoms with Crippen molar-refractivity contribution in [1.82, 2.24) is 19.7 Å². The Bertz CT molecular complexity index is 845. The van der Waals surface area contributed by atoms with E-state index in [0.29, 0.717) is 24.1 Å². The van der Waals surface area contributed by atoms with E-state index in [1.54, 1.807) is 11.3 Å². The average Bonchev–Trinajstić information content (AvgIpc) is 3.35. The monoisotopic (exact) mass is 419 g/mol. The molecule has 0 saturated heterocycles. The largest absolute Gasteiger partial charge is 0.370 e. The number of allylic oxidation sites excluding steroid dienone is 2. The van der Waals surface area contributed by atoms with Crippen LogP contribution in [0.4, 0.5) is 0 Å². The van der Waals surface area contributed by atoms with Gasteiger partial charge >= 0.3 is 0 Å². The topological polar surface area (TPSA) is 94.1 Å². The molecule has 0 unspecified atom stereocenters. The Labute approximate surface area is 173 Å². The van der Waals surface area contributed by atoms with Crippen LogP contribution in [0.5, 0.6) is 0 Å². The summed E-state index contributed by atoms with van der Waals surface area (Å²) in [5.41, 5.74) is 6.46. The summed E-state index contributed by atoms with van der Waals surface area (Å²) in [6.45, 7) is 3.07. The second-order valence-electron chi connectivity index (χ2n) is 6.52. The molecule has 150 valence electrons. The molecule has 2 aromatic rings. The lowest BCUT2D eigenvalue weighted by Gasteiger charge is -2.26. The second-order valence-corrected chi connectivity index (χ2v) is 8.41. The summed E-state index contributed by atoms with van der Waals surface area (Å²) in [5, 5.41) is 11.1. The molecule has 2 heterocycles. The fourth-order valence-electron chi connectivity index (χ4n) is 3.22. The summed E-state index contributed by atoms with van der Waals surface area (Å²) in [4.78, 5) is 26.9. The fraction of sp³-hybridized carbons (Fsp3) is 0.474. The van der Waals surface area contributed by atoms with E-state index in [4.69, 9.17) is 5.73 Å². The number of carbonyl (C=O) groups excluding carboxylic acids is 2. The van der Waals surface area contributed by atoms with Crippen molar-refractivity contribution < 1.29 is 9.59 Å². The molecule has 0 bridgehead atoms. The molecule has 0 fully saturated rings. The predicted octanol–water partition coefficient (Wildman–Crippen LogP) is 3.28. The maximum absolute atomic E-state index is 12.8. The molecule has 7 nitrogen and oxygen atoms in total. The van der Waals surface area contributed by atoms with Gasteiger partial charge in [0.25, 0.3) is 0 Å². The first-order chi connectivity index (χ1) is 13.6. The molecular formula is C19H25N5O2S2. The van der Waals surface area contributed by atoms with Crippen LogP contribution in [-0.4, -0.2) is 43.8 Å². The molecule has 0 radical (unpaired) electrons. The first-order valence-electron chi connectivity index (χ1n) is 9.47. The minimum Gasteiger partial charge on any atom is -0.370 e. The Kier molecular flexibility index (Phi) is 7.27. The van der Waals surface area contributed by atoms with Crippen LogP contribution in [0, 0.1) is 0 Å². The number of aromatic nitrogens is 3. The van der Waals surface area contributed by atoms with E-state index in [9.17, 15) is 9.59 Å². The summed E-state index contributed by atoms with van der Waals surface area (Å²) < 4.78 is 1.88. The molecule has 0 aromatic carbocycles. The van der Waals surface area contributed by atoms with Crippen molar-refractivity contribution in [2.75, 3.05) is 12.3 Å². The first-order valence-corrected chi connectivity index (χ1v) is 11.3. The summed E-state index contributed by atoms with van der Waals surface area (Å²) in [6.07, 6.45) is 6.71. The highest BCUT2D eigenvalue weighted by molar-refractivity contribution is 7.99. The van der Waals surface area contributed by atoms with Gasteiger partial charge in [0.05, 0.1) is 10.6 Å². The quantitative estimate of drug-likeness (QED) is 0.630. The number of primary amides is 1. The predicted molar refractivity (Wildman–Crippen MR) is 112 cm³/mol. The van der Waals surface area contributed by atoms with Crippen molar-refractivity contribution in [3.8, 4) is 10.7 Å². The molecule has 1 aliphatic carbocycles. The van der Waals surface area contributed by atoms with Crippen LogP contribution in [0.25, 0.3) is 10.7 Å². The van der Waals surface area contributed by atoms with E-state index in [-0.39, 0.29) is 24.0 Å².